The molecule has 1 aromatic rings. The molecule has 0 saturated heterocycles. The van der Waals surface area contributed by atoms with Gasteiger partial charge >= 0.3 is 0 Å². The minimum Gasteiger partial charge on any atom is -0.395 e. The molecule has 13 heavy (non-hydrogen) atoms. The lowest BCUT2D eigenvalue weighted by Crippen LogP contribution is -2.23. The van der Waals surface area contributed by atoms with Crippen molar-refractivity contribution >= 4 is 11.5 Å². The molecule has 1 aliphatic rings. The van der Waals surface area contributed by atoms with E-state index in [-0.39, 0.29) is 0 Å². The third-order valence-corrected chi connectivity index (χ3v) is 2.17. The van der Waals surface area contributed by atoms with E-state index in [2.05, 4.69) is 15.4 Å². The Hall–Kier alpha value is -1.52. The van der Waals surface area contributed by atoms with E-state index in [1.54, 1.807) is 4.68 Å². The van der Waals surface area contributed by atoms with Crippen molar-refractivity contribution in [3.8, 4) is 0 Å². The number of amidine groups is 1. The van der Waals surface area contributed by atoms with Crippen LogP contribution in [0, 0.1) is 6.92 Å². The summed E-state index contributed by atoms with van der Waals surface area (Å²) in [6.45, 7) is 3.60. The third kappa shape index (κ3) is 1.16. The average Bonchev–Trinajstić information content (AvgIpc) is 2.63. The molecule has 1 aromatic heterocycles. The zero-order valence-corrected chi connectivity index (χ0v) is 7.83. The zero-order valence-electron chi connectivity index (χ0n) is 7.83. The number of hydrogen-bond donors (Lipinski definition) is 2. The van der Waals surface area contributed by atoms with Gasteiger partial charge in [-0.2, -0.15) is 5.10 Å². The van der Waals surface area contributed by atoms with E-state index >= 15 is 0 Å². The molecule has 0 atom stereocenters. The summed E-state index contributed by atoms with van der Waals surface area (Å²) in [5.74, 6) is 0.862. The smallest absolute Gasteiger partial charge is 0.149 e. The maximum absolute atomic E-state index is 5.88. The van der Waals surface area contributed by atoms with Crippen LogP contribution in [0.3, 0.4) is 0 Å². The van der Waals surface area contributed by atoms with Gasteiger partial charge in [-0.25, -0.2) is 0 Å². The number of rotatable bonds is 1. The molecule has 0 unspecified atom stereocenters. The van der Waals surface area contributed by atoms with Crippen LogP contribution < -0.4 is 11.1 Å². The average molecular weight is 179 g/mol. The summed E-state index contributed by atoms with van der Waals surface area (Å²) in [7, 11) is 1.88. The third-order valence-electron chi connectivity index (χ3n) is 2.17. The van der Waals surface area contributed by atoms with Crippen LogP contribution in [-0.4, -0.2) is 28.7 Å². The minimum atomic E-state index is 0.718. The maximum atomic E-state index is 5.88. The molecule has 0 bridgehead atoms. The molecule has 0 saturated carbocycles. The van der Waals surface area contributed by atoms with Crippen molar-refractivity contribution in [3.63, 3.8) is 0 Å². The summed E-state index contributed by atoms with van der Waals surface area (Å²) in [5.41, 5.74) is 8.35. The predicted octanol–water partition coefficient (Wildman–Crippen LogP) is -0.339. The molecular formula is C8H13N5. The van der Waals surface area contributed by atoms with Gasteiger partial charge in [-0.1, -0.05) is 0 Å². The Morgan fingerprint density at radius 2 is 2.31 bits per heavy atom. The number of nitrogens with one attached hydrogen (secondary N) is 1. The number of nitrogen functional groups attached to an aromatic ring is 1. The van der Waals surface area contributed by atoms with Crippen molar-refractivity contribution in [3.05, 3.63) is 11.4 Å². The van der Waals surface area contributed by atoms with Crippen LogP contribution in [0.25, 0.3) is 0 Å². The van der Waals surface area contributed by atoms with Crippen molar-refractivity contribution in [1.29, 1.82) is 0 Å². The van der Waals surface area contributed by atoms with Crippen molar-refractivity contribution < 1.29 is 0 Å². The Kier molecular flexibility index (Phi) is 1.72. The highest BCUT2D eigenvalue weighted by atomic mass is 15.3. The summed E-state index contributed by atoms with van der Waals surface area (Å²) in [5, 5.41) is 7.40. The van der Waals surface area contributed by atoms with Crippen LogP contribution in [0.2, 0.25) is 0 Å². The molecule has 0 amide bonds. The normalized spacial score (nSPS) is 15.7. The highest BCUT2D eigenvalue weighted by Crippen LogP contribution is 2.16. The largest absolute Gasteiger partial charge is 0.395 e. The van der Waals surface area contributed by atoms with Gasteiger partial charge in [0.15, 0.2) is 0 Å². The number of nitrogens with zero attached hydrogens (tertiary/aromatic N) is 3. The molecule has 70 valence electrons. The second-order valence-corrected chi connectivity index (χ2v) is 3.13. The van der Waals surface area contributed by atoms with Gasteiger partial charge in [-0.15, -0.1) is 0 Å². The van der Waals surface area contributed by atoms with Gasteiger partial charge in [0, 0.05) is 13.6 Å². The second-order valence-electron chi connectivity index (χ2n) is 3.13. The first kappa shape index (κ1) is 8.10. The zero-order chi connectivity index (χ0) is 9.42. The van der Waals surface area contributed by atoms with Gasteiger partial charge in [-0.05, 0) is 6.92 Å². The highest BCUT2D eigenvalue weighted by Gasteiger charge is 2.17. The van der Waals surface area contributed by atoms with E-state index in [0.717, 1.165) is 36.0 Å². The van der Waals surface area contributed by atoms with Gasteiger partial charge in [0.05, 0.1) is 17.9 Å². The highest BCUT2D eigenvalue weighted by molar-refractivity contribution is 6.02. The topological polar surface area (TPSA) is 68.2 Å². The molecule has 5 heteroatoms. The molecule has 0 fully saturated rings. The van der Waals surface area contributed by atoms with Crippen molar-refractivity contribution in [2.24, 2.45) is 12.0 Å². The quantitative estimate of drug-likeness (QED) is 0.619. The van der Waals surface area contributed by atoms with E-state index in [1.165, 1.54) is 0 Å². The van der Waals surface area contributed by atoms with Gasteiger partial charge in [0.2, 0.25) is 0 Å². The first-order valence-electron chi connectivity index (χ1n) is 4.28. The second kappa shape index (κ2) is 2.76. The molecular weight excluding hydrogens is 166 g/mol. The van der Waals surface area contributed by atoms with Crippen molar-refractivity contribution in [2.45, 2.75) is 6.92 Å². The lowest BCUT2D eigenvalue weighted by atomic mass is 10.3. The van der Waals surface area contributed by atoms with Crippen LogP contribution in [0.4, 0.5) is 5.69 Å². The summed E-state index contributed by atoms with van der Waals surface area (Å²) < 4.78 is 1.77. The summed E-state index contributed by atoms with van der Waals surface area (Å²) >= 11 is 0. The van der Waals surface area contributed by atoms with E-state index in [4.69, 9.17) is 5.73 Å². The lowest BCUT2D eigenvalue weighted by Gasteiger charge is -2.03. The summed E-state index contributed by atoms with van der Waals surface area (Å²) in [6, 6.07) is 0. The fraction of sp³-hybridized carbons (Fsp3) is 0.500. The number of aromatic nitrogens is 2. The van der Waals surface area contributed by atoms with E-state index in [0.29, 0.717) is 0 Å². The number of aliphatic imine (C=N–C) groups is 1. The Bertz CT molecular complexity index is 363. The SMILES string of the molecule is Cc1nn(C)c(C2=NCCN2)c1N. The Balaban J connectivity index is 2.49. The standard InChI is InChI=1S/C8H13N5/c1-5-6(9)7(13(2)12-5)8-10-3-4-11-8/h3-4,9H2,1-2H3,(H,10,11). The summed E-state index contributed by atoms with van der Waals surface area (Å²) in [4.78, 5) is 4.31. The van der Waals surface area contributed by atoms with Crippen LogP contribution in [0.15, 0.2) is 4.99 Å². The Morgan fingerprint density at radius 1 is 1.54 bits per heavy atom. The molecule has 0 aromatic carbocycles. The molecule has 1 aliphatic heterocycles. The minimum absolute atomic E-state index is 0.718. The van der Waals surface area contributed by atoms with Gasteiger partial charge < -0.3 is 11.1 Å². The maximum Gasteiger partial charge on any atom is 0.149 e. The van der Waals surface area contributed by atoms with Crippen LogP contribution in [0.1, 0.15) is 11.4 Å². The van der Waals surface area contributed by atoms with Crippen LogP contribution >= 0.6 is 0 Å². The summed E-state index contributed by atoms with van der Waals surface area (Å²) in [6.07, 6.45) is 0. The molecule has 5 nitrogen and oxygen atoms in total. The Labute approximate surface area is 76.6 Å². The van der Waals surface area contributed by atoms with Crippen LogP contribution in [0.5, 0.6) is 0 Å². The first-order chi connectivity index (χ1) is 6.20. The molecule has 0 radical (unpaired) electrons. The lowest BCUT2D eigenvalue weighted by molar-refractivity contribution is 0.746. The molecule has 0 aliphatic carbocycles. The molecule has 0 spiro atoms. The van der Waals surface area contributed by atoms with Gasteiger partial charge in [0.1, 0.15) is 11.5 Å². The number of anilines is 1. The Morgan fingerprint density at radius 3 is 2.77 bits per heavy atom. The van der Waals surface area contributed by atoms with Crippen molar-refractivity contribution in [2.75, 3.05) is 18.8 Å². The van der Waals surface area contributed by atoms with E-state index in [1.807, 2.05) is 14.0 Å². The fourth-order valence-corrected chi connectivity index (χ4v) is 1.51. The first-order valence-corrected chi connectivity index (χ1v) is 4.28. The molecule has 3 N–H and O–H groups in total. The number of nitrogens with two attached hydrogens (primary N) is 1. The van der Waals surface area contributed by atoms with Crippen LogP contribution in [-0.2, 0) is 7.05 Å². The monoisotopic (exact) mass is 179 g/mol. The molecule has 2 rings (SSSR count). The number of aryl methyl sites for hydroxylation is 2. The van der Waals surface area contributed by atoms with Gasteiger partial charge in [-0.3, -0.25) is 9.67 Å². The van der Waals surface area contributed by atoms with E-state index < -0.39 is 0 Å². The molecule has 2 heterocycles. The van der Waals surface area contributed by atoms with Gasteiger partial charge in [0.25, 0.3) is 0 Å². The van der Waals surface area contributed by atoms with Crippen molar-refractivity contribution in [1.82, 2.24) is 15.1 Å². The number of hydrogen-bond acceptors (Lipinski definition) is 4. The fourth-order valence-electron chi connectivity index (χ4n) is 1.51. The van der Waals surface area contributed by atoms with E-state index in [9.17, 15) is 0 Å². The predicted molar refractivity (Wildman–Crippen MR) is 51.8 cm³/mol.